The van der Waals surface area contributed by atoms with E-state index in [1.807, 2.05) is 6.07 Å². The molecule has 2 aliphatic heterocycles. The third-order valence-electron chi connectivity index (χ3n) is 5.42. The van der Waals surface area contributed by atoms with Crippen molar-refractivity contribution in [2.45, 2.75) is 12.8 Å². The molecule has 4 rings (SSSR count). The van der Waals surface area contributed by atoms with Gasteiger partial charge in [0.1, 0.15) is 11.6 Å². The van der Waals surface area contributed by atoms with Gasteiger partial charge < -0.3 is 19.9 Å². The van der Waals surface area contributed by atoms with E-state index in [0.29, 0.717) is 44.8 Å². The van der Waals surface area contributed by atoms with Gasteiger partial charge in [0, 0.05) is 38.3 Å². The number of aryl methyl sites for hydroxylation is 1. The summed E-state index contributed by atoms with van der Waals surface area (Å²) < 4.78 is 18.9. The van der Waals surface area contributed by atoms with Crippen LogP contribution in [0.15, 0.2) is 36.4 Å². The minimum absolute atomic E-state index is 0.00401. The van der Waals surface area contributed by atoms with E-state index in [9.17, 15) is 18.8 Å². The highest BCUT2D eigenvalue weighted by Crippen LogP contribution is 2.27. The number of nitrogens with zero attached hydrogens (tertiary/aromatic N) is 2. The summed E-state index contributed by atoms with van der Waals surface area (Å²) in [7, 11) is 0. The second-order valence-corrected chi connectivity index (χ2v) is 7.86. The Labute approximate surface area is 183 Å². The fourth-order valence-electron chi connectivity index (χ4n) is 3.68. The summed E-state index contributed by atoms with van der Waals surface area (Å²) in [5.41, 5.74) is 2.00. The third kappa shape index (κ3) is 4.80. The van der Waals surface area contributed by atoms with Gasteiger partial charge in [0.05, 0.1) is 10.6 Å². The number of hydrogen-bond acceptors (Lipinski definition) is 4. The van der Waals surface area contributed by atoms with E-state index in [4.69, 9.17) is 16.3 Å². The molecule has 2 aromatic carbocycles. The van der Waals surface area contributed by atoms with E-state index in [1.165, 1.54) is 12.1 Å². The average molecular weight is 446 g/mol. The second kappa shape index (κ2) is 8.93. The molecule has 2 aliphatic rings. The summed E-state index contributed by atoms with van der Waals surface area (Å²) >= 11 is 5.98. The van der Waals surface area contributed by atoms with Crippen molar-refractivity contribution < 1.29 is 23.5 Å². The molecule has 1 fully saturated rings. The maximum Gasteiger partial charge on any atom is 0.260 e. The monoisotopic (exact) mass is 445 g/mol. The molecule has 0 atom stereocenters. The molecule has 3 amide bonds. The Morgan fingerprint density at radius 3 is 2.52 bits per heavy atom. The molecule has 0 aliphatic carbocycles. The zero-order valence-corrected chi connectivity index (χ0v) is 17.5. The molecule has 9 heteroatoms. The zero-order chi connectivity index (χ0) is 22.0. The van der Waals surface area contributed by atoms with E-state index in [-0.39, 0.29) is 34.9 Å². The summed E-state index contributed by atoms with van der Waals surface area (Å²) in [5.74, 6) is -0.383. The summed E-state index contributed by atoms with van der Waals surface area (Å²) in [4.78, 5) is 39.8. The summed E-state index contributed by atoms with van der Waals surface area (Å²) in [6.45, 7) is 1.36. The number of piperazine rings is 1. The molecule has 31 heavy (non-hydrogen) atoms. The molecular weight excluding hydrogens is 425 g/mol. The van der Waals surface area contributed by atoms with Crippen LogP contribution in [0.2, 0.25) is 5.02 Å². The van der Waals surface area contributed by atoms with Crippen LogP contribution >= 0.6 is 11.6 Å². The molecule has 2 aromatic rings. The number of carbonyl (C=O) groups is 3. The highest BCUT2D eigenvalue weighted by atomic mass is 35.5. The van der Waals surface area contributed by atoms with Crippen molar-refractivity contribution in [3.05, 3.63) is 58.4 Å². The van der Waals surface area contributed by atoms with Crippen LogP contribution in [-0.2, 0) is 16.0 Å². The lowest BCUT2D eigenvalue weighted by molar-refractivity contribution is -0.134. The maximum atomic E-state index is 13.2. The topological polar surface area (TPSA) is 79.0 Å². The Bertz CT molecular complexity index is 1040. The molecule has 0 aromatic heterocycles. The van der Waals surface area contributed by atoms with Crippen molar-refractivity contribution in [1.82, 2.24) is 9.80 Å². The first kappa shape index (κ1) is 21.1. The molecule has 7 nitrogen and oxygen atoms in total. The highest BCUT2D eigenvalue weighted by Gasteiger charge is 2.26. The van der Waals surface area contributed by atoms with Crippen molar-refractivity contribution in [1.29, 1.82) is 0 Å². The van der Waals surface area contributed by atoms with Gasteiger partial charge in [-0.25, -0.2) is 4.39 Å². The van der Waals surface area contributed by atoms with E-state index in [1.54, 1.807) is 21.9 Å². The smallest absolute Gasteiger partial charge is 0.260 e. The van der Waals surface area contributed by atoms with Crippen molar-refractivity contribution in [3.63, 3.8) is 0 Å². The first-order chi connectivity index (χ1) is 14.9. The first-order valence-electron chi connectivity index (χ1n) is 9.98. The summed E-state index contributed by atoms with van der Waals surface area (Å²) in [6.07, 6.45) is 1.07. The van der Waals surface area contributed by atoms with Crippen LogP contribution in [0.3, 0.4) is 0 Å². The van der Waals surface area contributed by atoms with Gasteiger partial charge in [-0.2, -0.15) is 0 Å². The van der Waals surface area contributed by atoms with Gasteiger partial charge in [-0.3, -0.25) is 14.4 Å². The fourth-order valence-corrected chi connectivity index (χ4v) is 3.93. The van der Waals surface area contributed by atoms with E-state index in [2.05, 4.69) is 5.32 Å². The highest BCUT2D eigenvalue weighted by molar-refractivity contribution is 6.33. The average Bonchev–Trinajstić information content (AvgIpc) is 2.77. The second-order valence-electron chi connectivity index (χ2n) is 7.45. The summed E-state index contributed by atoms with van der Waals surface area (Å²) in [6, 6.07) is 9.02. The van der Waals surface area contributed by atoms with Crippen LogP contribution < -0.4 is 10.1 Å². The molecule has 162 valence electrons. The zero-order valence-electron chi connectivity index (χ0n) is 16.7. The number of carbonyl (C=O) groups excluding carboxylic acids is 3. The van der Waals surface area contributed by atoms with E-state index in [0.717, 1.165) is 17.3 Å². The lowest BCUT2D eigenvalue weighted by atomic mass is 10.0. The van der Waals surface area contributed by atoms with Crippen molar-refractivity contribution in [2.75, 3.05) is 38.1 Å². The third-order valence-corrected chi connectivity index (χ3v) is 5.73. The molecule has 1 N–H and O–H groups in total. The standard InChI is InChI=1S/C22H21ClFN3O4/c23-18-12-15(24)2-4-17(18)22(30)27-9-7-26(8-10-27)21(29)13-31-16-3-5-19-14(11-16)1-6-20(28)25-19/h2-5,11-12H,1,6-10,13H2,(H,25,28). The predicted molar refractivity (Wildman–Crippen MR) is 113 cm³/mol. The van der Waals surface area contributed by atoms with Crippen LogP contribution in [-0.4, -0.2) is 60.3 Å². The lowest BCUT2D eigenvalue weighted by Crippen LogP contribution is -2.51. The number of benzene rings is 2. The van der Waals surface area contributed by atoms with Crippen LogP contribution in [0, 0.1) is 5.82 Å². The molecule has 0 unspecified atom stereocenters. The van der Waals surface area contributed by atoms with Gasteiger partial charge in [-0.05, 0) is 48.4 Å². The maximum absolute atomic E-state index is 13.2. The molecular formula is C22H21ClFN3O4. The van der Waals surface area contributed by atoms with Crippen LogP contribution in [0.4, 0.5) is 10.1 Å². The lowest BCUT2D eigenvalue weighted by Gasteiger charge is -2.34. The largest absolute Gasteiger partial charge is 0.484 e. The van der Waals surface area contributed by atoms with Gasteiger partial charge >= 0.3 is 0 Å². The number of rotatable bonds is 4. The number of ether oxygens (including phenoxy) is 1. The van der Waals surface area contributed by atoms with E-state index >= 15 is 0 Å². The molecule has 0 radical (unpaired) electrons. The predicted octanol–water partition coefficient (Wildman–Crippen LogP) is 2.73. The van der Waals surface area contributed by atoms with Gasteiger partial charge in [-0.1, -0.05) is 11.6 Å². The van der Waals surface area contributed by atoms with E-state index < -0.39 is 5.82 Å². The Kier molecular flexibility index (Phi) is 6.08. The number of hydrogen-bond donors (Lipinski definition) is 1. The molecule has 1 saturated heterocycles. The molecule has 0 spiro atoms. The molecule has 2 heterocycles. The first-order valence-corrected chi connectivity index (χ1v) is 10.4. The Morgan fingerprint density at radius 1 is 1.03 bits per heavy atom. The number of fused-ring (bicyclic) bond motifs is 1. The van der Waals surface area contributed by atoms with Crippen molar-refractivity contribution in [2.24, 2.45) is 0 Å². The van der Waals surface area contributed by atoms with Crippen molar-refractivity contribution in [3.8, 4) is 5.75 Å². The van der Waals surface area contributed by atoms with Gasteiger partial charge in [0.15, 0.2) is 6.61 Å². The van der Waals surface area contributed by atoms with Crippen LogP contribution in [0.1, 0.15) is 22.3 Å². The molecule has 0 saturated carbocycles. The van der Waals surface area contributed by atoms with Gasteiger partial charge in [0.2, 0.25) is 5.91 Å². The Morgan fingerprint density at radius 2 is 1.77 bits per heavy atom. The summed E-state index contributed by atoms with van der Waals surface area (Å²) in [5, 5.41) is 2.88. The minimum atomic E-state index is -0.499. The van der Waals surface area contributed by atoms with Crippen LogP contribution in [0.5, 0.6) is 5.75 Å². The Balaban J connectivity index is 1.28. The number of anilines is 1. The van der Waals surface area contributed by atoms with Gasteiger partial charge in [-0.15, -0.1) is 0 Å². The quantitative estimate of drug-likeness (QED) is 0.784. The van der Waals surface area contributed by atoms with Crippen molar-refractivity contribution >= 4 is 35.0 Å². The SMILES string of the molecule is O=C1CCc2cc(OCC(=O)N3CCN(C(=O)c4ccc(F)cc4Cl)CC3)ccc2N1. The fraction of sp³-hybridized carbons (Fsp3) is 0.318. The number of nitrogens with one attached hydrogen (secondary N) is 1. The normalized spacial score (nSPS) is 15.9. The Hall–Kier alpha value is -3.13. The van der Waals surface area contributed by atoms with Crippen LogP contribution in [0.25, 0.3) is 0 Å². The molecule has 0 bridgehead atoms. The van der Waals surface area contributed by atoms with Gasteiger partial charge in [0.25, 0.3) is 11.8 Å². The number of amides is 3. The minimum Gasteiger partial charge on any atom is -0.484 e. The number of halogens is 2.